The highest BCUT2D eigenvalue weighted by Gasteiger charge is 2.10. The topological polar surface area (TPSA) is 54.9 Å². The molecule has 0 atom stereocenters. The summed E-state index contributed by atoms with van der Waals surface area (Å²) in [5.41, 5.74) is 4.36. The Morgan fingerprint density at radius 1 is 1.00 bits per heavy atom. The first kappa shape index (κ1) is 12.5. The Hall–Kier alpha value is -2.49. The average molecular weight is 265 g/mol. The lowest BCUT2D eigenvalue weighted by molar-refractivity contribution is -0.114. The molecule has 0 saturated heterocycles. The van der Waals surface area contributed by atoms with Crippen molar-refractivity contribution in [1.29, 1.82) is 0 Å². The van der Waals surface area contributed by atoms with Crippen molar-refractivity contribution in [2.45, 2.75) is 20.8 Å². The molecule has 20 heavy (non-hydrogen) atoms. The lowest BCUT2D eigenvalue weighted by Gasteiger charge is -2.10. The second kappa shape index (κ2) is 4.56. The summed E-state index contributed by atoms with van der Waals surface area (Å²) in [5, 5.41) is 4.76. The van der Waals surface area contributed by atoms with E-state index >= 15 is 0 Å². The van der Waals surface area contributed by atoms with Gasteiger partial charge in [-0.1, -0.05) is 6.07 Å². The van der Waals surface area contributed by atoms with Gasteiger partial charge in [0.05, 0.1) is 16.7 Å². The van der Waals surface area contributed by atoms with Crippen molar-refractivity contribution < 1.29 is 4.79 Å². The average Bonchev–Trinajstić information content (AvgIpc) is 2.39. The molecule has 1 aromatic carbocycles. The molecule has 0 aliphatic heterocycles. The van der Waals surface area contributed by atoms with Crippen LogP contribution in [0.5, 0.6) is 0 Å². The van der Waals surface area contributed by atoms with Crippen LogP contribution in [0.1, 0.15) is 18.3 Å². The second-order valence-electron chi connectivity index (χ2n) is 4.98. The van der Waals surface area contributed by atoms with Crippen LogP contribution in [0, 0.1) is 13.8 Å². The number of nitrogens with one attached hydrogen (secondary N) is 1. The van der Waals surface area contributed by atoms with Gasteiger partial charge in [0.25, 0.3) is 0 Å². The largest absolute Gasteiger partial charge is 0.326 e. The molecule has 1 N–H and O–H groups in total. The van der Waals surface area contributed by atoms with Crippen LogP contribution in [-0.4, -0.2) is 15.9 Å². The summed E-state index contributed by atoms with van der Waals surface area (Å²) in [4.78, 5) is 20.6. The normalized spacial score (nSPS) is 10.9. The van der Waals surface area contributed by atoms with Crippen LogP contribution in [0.3, 0.4) is 0 Å². The third-order valence-corrected chi connectivity index (χ3v) is 3.23. The standard InChI is InChI=1S/C16H15N3O/c1-9-4-6-12-8-14(19-11(3)20)13-7-5-10(2)18-16(13)15(12)17-9/h4-8H,1-3H3,(H,19,20). The van der Waals surface area contributed by atoms with E-state index in [1.165, 1.54) is 6.92 Å². The van der Waals surface area contributed by atoms with Crippen LogP contribution < -0.4 is 5.32 Å². The Morgan fingerprint density at radius 2 is 1.65 bits per heavy atom. The second-order valence-corrected chi connectivity index (χ2v) is 4.98. The Morgan fingerprint density at radius 3 is 2.35 bits per heavy atom. The van der Waals surface area contributed by atoms with E-state index in [1.54, 1.807) is 0 Å². The molecular formula is C16H15N3O. The molecule has 0 aliphatic carbocycles. The first-order valence-corrected chi connectivity index (χ1v) is 6.50. The molecule has 2 heterocycles. The van der Waals surface area contributed by atoms with Gasteiger partial charge in [0.1, 0.15) is 0 Å². The van der Waals surface area contributed by atoms with Gasteiger partial charge in [-0.05, 0) is 38.1 Å². The van der Waals surface area contributed by atoms with E-state index in [-0.39, 0.29) is 5.91 Å². The summed E-state index contributed by atoms with van der Waals surface area (Å²) in [6.07, 6.45) is 0. The highest BCUT2D eigenvalue weighted by atomic mass is 16.1. The molecule has 0 unspecified atom stereocenters. The number of aromatic nitrogens is 2. The molecule has 3 rings (SSSR count). The van der Waals surface area contributed by atoms with Gasteiger partial charge in [0.15, 0.2) is 0 Å². The van der Waals surface area contributed by atoms with E-state index in [1.807, 2.05) is 44.2 Å². The highest BCUT2D eigenvalue weighted by Crippen LogP contribution is 2.30. The molecule has 4 nitrogen and oxygen atoms in total. The number of nitrogens with zero attached hydrogens (tertiary/aromatic N) is 2. The van der Waals surface area contributed by atoms with Crippen LogP contribution in [0.2, 0.25) is 0 Å². The fourth-order valence-corrected chi connectivity index (χ4v) is 2.35. The van der Waals surface area contributed by atoms with E-state index in [4.69, 9.17) is 0 Å². The van der Waals surface area contributed by atoms with Gasteiger partial charge in [0.2, 0.25) is 5.91 Å². The number of fused-ring (bicyclic) bond motifs is 3. The zero-order valence-corrected chi connectivity index (χ0v) is 11.7. The summed E-state index contributed by atoms with van der Waals surface area (Å²) in [6, 6.07) is 9.83. The maximum atomic E-state index is 11.4. The molecule has 0 spiro atoms. The number of hydrogen-bond donors (Lipinski definition) is 1. The SMILES string of the molecule is CC(=O)Nc1cc2ccc(C)nc2c2nc(C)ccc12. The Bertz CT molecular complexity index is 840. The quantitative estimate of drug-likeness (QED) is 0.686. The molecule has 2 aromatic heterocycles. The summed E-state index contributed by atoms with van der Waals surface area (Å²) in [7, 11) is 0. The van der Waals surface area contributed by atoms with Crippen molar-refractivity contribution in [2.24, 2.45) is 0 Å². The van der Waals surface area contributed by atoms with Crippen molar-refractivity contribution in [3.63, 3.8) is 0 Å². The first-order chi connectivity index (χ1) is 9.54. The molecule has 100 valence electrons. The van der Waals surface area contributed by atoms with E-state index < -0.39 is 0 Å². The fraction of sp³-hybridized carbons (Fsp3) is 0.188. The van der Waals surface area contributed by atoms with Gasteiger partial charge >= 0.3 is 0 Å². The van der Waals surface area contributed by atoms with Crippen molar-refractivity contribution in [2.75, 3.05) is 5.32 Å². The number of carbonyl (C=O) groups is 1. The van der Waals surface area contributed by atoms with Gasteiger partial charge in [-0.15, -0.1) is 0 Å². The predicted octanol–water partition coefficient (Wildman–Crippen LogP) is 3.36. The first-order valence-electron chi connectivity index (χ1n) is 6.50. The number of hydrogen-bond acceptors (Lipinski definition) is 3. The van der Waals surface area contributed by atoms with Crippen LogP contribution in [0.4, 0.5) is 5.69 Å². The third kappa shape index (κ3) is 2.09. The van der Waals surface area contributed by atoms with Gasteiger partial charge < -0.3 is 5.32 Å². The summed E-state index contributed by atoms with van der Waals surface area (Å²) in [5.74, 6) is -0.0914. The number of pyridine rings is 2. The lowest BCUT2D eigenvalue weighted by atomic mass is 10.1. The molecule has 0 fully saturated rings. The zero-order valence-electron chi connectivity index (χ0n) is 11.7. The Labute approximate surface area is 116 Å². The number of benzene rings is 1. The monoisotopic (exact) mass is 265 g/mol. The molecule has 0 saturated carbocycles. The van der Waals surface area contributed by atoms with Crippen molar-refractivity contribution in [1.82, 2.24) is 9.97 Å². The maximum Gasteiger partial charge on any atom is 0.221 e. The van der Waals surface area contributed by atoms with E-state index in [2.05, 4.69) is 15.3 Å². The minimum atomic E-state index is -0.0914. The van der Waals surface area contributed by atoms with Gasteiger partial charge in [0, 0.05) is 29.1 Å². The van der Waals surface area contributed by atoms with Gasteiger partial charge in [-0.2, -0.15) is 0 Å². The number of amides is 1. The molecule has 0 bridgehead atoms. The molecule has 3 aromatic rings. The number of carbonyl (C=O) groups excluding carboxylic acids is 1. The molecule has 4 heteroatoms. The number of aryl methyl sites for hydroxylation is 2. The van der Waals surface area contributed by atoms with Gasteiger partial charge in [-0.3, -0.25) is 14.8 Å². The maximum absolute atomic E-state index is 11.4. The smallest absolute Gasteiger partial charge is 0.221 e. The molecule has 0 radical (unpaired) electrons. The van der Waals surface area contributed by atoms with Crippen LogP contribution >= 0.6 is 0 Å². The minimum absolute atomic E-state index is 0.0914. The molecular weight excluding hydrogens is 250 g/mol. The fourth-order valence-electron chi connectivity index (χ4n) is 2.35. The Balaban J connectivity index is 2.45. The van der Waals surface area contributed by atoms with Crippen LogP contribution in [0.15, 0.2) is 30.3 Å². The highest BCUT2D eigenvalue weighted by molar-refractivity contribution is 6.11. The predicted molar refractivity (Wildman–Crippen MR) is 80.8 cm³/mol. The number of anilines is 1. The molecule has 0 aliphatic rings. The van der Waals surface area contributed by atoms with E-state index in [0.29, 0.717) is 0 Å². The number of rotatable bonds is 1. The summed E-state index contributed by atoms with van der Waals surface area (Å²) >= 11 is 0. The third-order valence-electron chi connectivity index (χ3n) is 3.23. The van der Waals surface area contributed by atoms with Crippen molar-refractivity contribution in [3.8, 4) is 0 Å². The zero-order chi connectivity index (χ0) is 14.3. The van der Waals surface area contributed by atoms with Crippen LogP contribution in [0.25, 0.3) is 21.8 Å². The summed E-state index contributed by atoms with van der Waals surface area (Å²) in [6.45, 7) is 5.42. The van der Waals surface area contributed by atoms with Crippen molar-refractivity contribution >= 4 is 33.4 Å². The van der Waals surface area contributed by atoms with Gasteiger partial charge in [-0.25, -0.2) is 0 Å². The summed E-state index contributed by atoms with van der Waals surface area (Å²) < 4.78 is 0. The van der Waals surface area contributed by atoms with E-state index in [0.717, 1.165) is 38.9 Å². The molecule has 1 amide bonds. The lowest BCUT2D eigenvalue weighted by Crippen LogP contribution is -2.06. The minimum Gasteiger partial charge on any atom is -0.326 e. The van der Waals surface area contributed by atoms with E-state index in [9.17, 15) is 4.79 Å². The van der Waals surface area contributed by atoms with Crippen LogP contribution in [-0.2, 0) is 4.79 Å². The Kier molecular flexibility index (Phi) is 2.86. The van der Waals surface area contributed by atoms with Crippen molar-refractivity contribution in [3.05, 3.63) is 41.7 Å².